The van der Waals surface area contributed by atoms with E-state index in [0.29, 0.717) is 11.5 Å². The number of hydrogen-bond donors (Lipinski definition) is 0. The van der Waals surface area contributed by atoms with Crippen LogP contribution in [0.5, 0.6) is 11.5 Å². The van der Waals surface area contributed by atoms with Crippen molar-refractivity contribution in [1.29, 1.82) is 0 Å². The van der Waals surface area contributed by atoms with E-state index in [1.54, 1.807) is 6.07 Å². The van der Waals surface area contributed by atoms with Gasteiger partial charge in [0, 0.05) is 0 Å². The fraction of sp³-hybridized carbons (Fsp3) is 0.278. The van der Waals surface area contributed by atoms with E-state index < -0.39 is 5.97 Å². The average molecular weight is 363 g/mol. The van der Waals surface area contributed by atoms with Crippen molar-refractivity contribution in [3.8, 4) is 11.5 Å². The number of rotatable bonds is 5. The summed E-state index contributed by atoms with van der Waals surface area (Å²) in [6.45, 7) is 5.88. The number of esters is 1. The molecular weight excluding hydrogens is 344 g/mol. The highest BCUT2D eigenvalue weighted by molar-refractivity contribution is 9.10. The zero-order chi connectivity index (χ0) is 16.1. The molecule has 0 aliphatic carbocycles. The van der Waals surface area contributed by atoms with Gasteiger partial charge in [0.2, 0.25) is 0 Å². The molecule has 116 valence electrons. The first-order chi connectivity index (χ1) is 10.5. The number of aryl methyl sites for hydroxylation is 3. The van der Waals surface area contributed by atoms with Crippen LogP contribution in [0, 0.1) is 13.8 Å². The van der Waals surface area contributed by atoms with Crippen LogP contribution in [0.1, 0.15) is 23.6 Å². The third-order valence-corrected chi connectivity index (χ3v) is 3.94. The maximum atomic E-state index is 11.9. The van der Waals surface area contributed by atoms with Crippen LogP contribution in [-0.2, 0) is 11.2 Å². The SMILES string of the molecule is CCc1ccc(OC(=O)COc2cc(C)ccc2C)c(Br)c1. The van der Waals surface area contributed by atoms with Gasteiger partial charge in [0.25, 0.3) is 0 Å². The van der Waals surface area contributed by atoms with Gasteiger partial charge in [-0.15, -0.1) is 0 Å². The quantitative estimate of drug-likeness (QED) is 0.575. The lowest BCUT2D eigenvalue weighted by Gasteiger charge is -2.11. The summed E-state index contributed by atoms with van der Waals surface area (Å²) >= 11 is 3.42. The van der Waals surface area contributed by atoms with Gasteiger partial charge in [0.1, 0.15) is 11.5 Å². The van der Waals surface area contributed by atoms with Crippen molar-refractivity contribution in [2.45, 2.75) is 27.2 Å². The molecule has 0 fully saturated rings. The zero-order valence-corrected chi connectivity index (χ0v) is 14.6. The highest BCUT2D eigenvalue weighted by Gasteiger charge is 2.10. The molecule has 2 rings (SSSR count). The third-order valence-electron chi connectivity index (χ3n) is 3.32. The summed E-state index contributed by atoms with van der Waals surface area (Å²) in [5.74, 6) is 0.787. The summed E-state index contributed by atoms with van der Waals surface area (Å²) in [7, 11) is 0. The molecule has 0 amide bonds. The van der Waals surface area contributed by atoms with Crippen LogP contribution in [0.25, 0.3) is 0 Å². The second kappa shape index (κ2) is 7.45. The van der Waals surface area contributed by atoms with Crippen LogP contribution >= 0.6 is 15.9 Å². The summed E-state index contributed by atoms with van der Waals surface area (Å²) < 4.78 is 11.6. The molecule has 2 aromatic rings. The number of benzene rings is 2. The molecule has 0 saturated heterocycles. The van der Waals surface area contributed by atoms with E-state index in [9.17, 15) is 4.79 Å². The summed E-state index contributed by atoms with van der Waals surface area (Å²) in [5.41, 5.74) is 3.26. The van der Waals surface area contributed by atoms with Crippen LogP contribution in [-0.4, -0.2) is 12.6 Å². The maximum absolute atomic E-state index is 11.9. The highest BCUT2D eigenvalue weighted by Crippen LogP contribution is 2.26. The molecule has 0 heterocycles. The van der Waals surface area contributed by atoms with E-state index >= 15 is 0 Å². The lowest BCUT2D eigenvalue weighted by molar-refractivity contribution is -0.136. The van der Waals surface area contributed by atoms with Crippen molar-refractivity contribution >= 4 is 21.9 Å². The molecule has 0 atom stereocenters. The molecule has 2 aromatic carbocycles. The number of ether oxygens (including phenoxy) is 2. The summed E-state index contributed by atoms with van der Waals surface area (Å²) in [6, 6.07) is 11.6. The Balaban J connectivity index is 1.97. The third kappa shape index (κ3) is 4.34. The standard InChI is InChI=1S/C18H19BrO3/c1-4-14-7-8-16(15(19)10-14)22-18(20)11-21-17-9-12(2)5-6-13(17)3/h5-10H,4,11H2,1-3H3. The maximum Gasteiger partial charge on any atom is 0.349 e. The number of hydrogen-bond acceptors (Lipinski definition) is 3. The fourth-order valence-corrected chi connectivity index (χ4v) is 2.51. The molecule has 3 nitrogen and oxygen atoms in total. The minimum atomic E-state index is -0.425. The first-order valence-electron chi connectivity index (χ1n) is 7.18. The number of carbonyl (C=O) groups is 1. The Morgan fingerprint density at radius 2 is 1.86 bits per heavy atom. The van der Waals surface area contributed by atoms with Gasteiger partial charge in [0.15, 0.2) is 6.61 Å². The molecule has 0 aliphatic rings. The van der Waals surface area contributed by atoms with E-state index in [2.05, 4.69) is 22.9 Å². The van der Waals surface area contributed by atoms with Gasteiger partial charge >= 0.3 is 5.97 Å². The van der Waals surface area contributed by atoms with Crippen molar-refractivity contribution in [2.75, 3.05) is 6.61 Å². The average Bonchev–Trinajstić information content (AvgIpc) is 2.50. The van der Waals surface area contributed by atoms with Gasteiger partial charge in [-0.05, 0) is 71.1 Å². The van der Waals surface area contributed by atoms with E-state index in [0.717, 1.165) is 22.0 Å². The van der Waals surface area contributed by atoms with Gasteiger partial charge in [-0.3, -0.25) is 0 Å². The van der Waals surface area contributed by atoms with E-state index in [-0.39, 0.29) is 6.61 Å². The summed E-state index contributed by atoms with van der Waals surface area (Å²) in [6.07, 6.45) is 0.933. The molecule has 0 aromatic heterocycles. The first-order valence-corrected chi connectivity index (χ1v) is 7.98. The van der Waals surface area contributed by atoms with Gasteiger partial charge in [-0.2, -0.15) is 0 Å². The minimum absolute atomic E-state index is 0.119. The Morgan fingerprint density at radius 3 is 2.55 bits per heavy atom. The van der Waals surface area contributed by atoms with E-state index in [4.69, 9.17) is 9.47 Å². The monoisotopic (exact) mass is 362 g/mol. The predicted octanol–water partition coefficient (Wildman–Crippen LogP) is 4.61. The molecule has 4 heteroatoms. The predicted molar refractivity (Wildman–Crippen MR) is 90.6 cm³/mol. The van der Waals surface area contributed by atoms with Crippen molar-refractivity contribution in [3.63, 3.8) is 0 Å². The number of halogens is 1. The highest BCUT2D eigenvalue weighted by atomic mass is 79.9. The molecule has 0 unspecified atom stereocenters. The van der Waals surface area contributed by atoms with Crippen LogP contribution in [0.2, 0.25) is 0 Å². The van der Waals surface area contributed by atoms with Crippen LogP contribution < -0.4 is 9.47 Å². The Kier molecular flexibility index (Phi) is 5.61. The summed E-state index contributed by atoms with van der Waals surface area (Å²) in [4.78, 5) is 11.9. The lowest BCUT2D eigenvalue weighted by atomic mass is 10.1. The molecule has 0 spiro atoms. The second-order valence-electron chi connectivity index (χ2n) is 5.15. The van der Waals surface area contributed by atoms with Crippen LogP contribution in [0.15, 0.2) is 40.9 Å². The Bertz CT molecular complexity index is 680. The van der Waals surface area contributed by atoms with Crippen molar-refractivity contribution in [1.82, 2.24) is 0 Å². The minimum Gasteiger partial charge on any atom is -0.482 e. The topological polar surface area (TPSA) is 35.5 Å². The lowest BCUT2D eigenvalue weighted by Crippen LogP contribution is -2.18. The summed E-state index contributed by atoms with van der Waals surface area (Å²) in [5, 5.41) is 0. The van der Waals surface area contributed by atoms with Gasteiger partial charge in [-0.25, -0.2) is 4.79 Å². The Morgan fingerprint density at radius 1 is 1.09 bits per heavy atom. The molecule has 22 heavy (non-hydrogen) atoms. The molecule has 0 saturated carbocycles. The second-order valence-corrected chi connectivity index (χ2v) is 6.00. The fourth-order valence-electron chi connectivity index (χ4n) is 2.00. The zero-order valence-electron chi connectivity index (χ0n) is 13.0. The largest absolute Gasteiger partial charge is 0.482 e. The molecule has 0 N–H and O–H groups in total. The van der Waals surface area contributed by atoms with E-state index in [1.807, 2.05) is 44.2 Å². The molecule has 0 radical (unpaired) electrons. The van der Waals surface area contributed by atoms with Crippen LogP contribution in [0.4, 0.5) is 0 Å². The Hall–Kier alpha value is -1.81. The normalized spacial score (nSPS) is 10.4. The number of carbonyl (C=O) groups excluding carboxylic acids is 1. The van der Waals surface area contributed by atoms with Crippen molar-refractivity contribution in [3.05, 3.63) is 57.6 Å². The molecule has 0 aliphatic heterocycles. The smallest absolute Gasteiger partial charge is 0.349 e. The molecular formula is C18H19BrO3. The Labute approximate surface area is 139 Å². The van der Waals surface area contributed by atoms with Crippen molar-refractivity contribution in [2.24, 2.45) is 0 Å². The molecule has 0 bridgehead atoms. The van der Waals surface area contributed by atoms with Crippen LogP contribution in [0.3, 0.4) is 0 Å². The van der Waals surface area contributed by atoms with E-state index in [1.165, 1.54) is 5.56 Å². The first kappa shape index (κ1) is 16.6. The van der Waals surface area contributed by atoms with Gasteiger partial charge < -0.3 is 9.47 Å². The van der Waals surface area contributed by atoms with Gasteiger partial charge in [-0.1, -0.05) is 25.1 Å². The van der Waals surface area contributed by atoms with Gasteiger partial charge in [0.05, 0.1) is 4.47 Å². The van der Waals surface area contributed by atoms with Crippen molar-refractivity contribution < 1.29 is 14.3 Å².